The molecular formula is C23H31NO4. The lowest BCUT2D eigenvalue weighted by Crippen LogP contribution is -2.80. The first kappa shape index (κ1) is 18.4. The summed E-state index contributed by atoms with van der Waals surface area (Å²) in [5.74, 6) is 1.38. The molecule has 2 aliphatic heterocycles. The number of ketones is 1. The van der Waals surface area contributed by atoms with Crippen molar-refractivity contribution in [2.45, 2.75) is 75.5 Å². The highest BCUT2D eigenvalue weighted by Crippen LogP contribution is 2.69. The van der Waals surface area contributed by atoms with E-state index in [-0.39, 0.29) is 17.6 Å². The maximum absolute atomic E-state index is 13.3. The molecule has 2 heterocycles. The molecule has 1 aromatic rings. The second-order valence-corrected chi connectivity index (χ2v) is 9.78. The molecule has 152 valence electrons. The SMILES string of the molecule is CC(C)CCO[C@@]12CCC(=O)[C@]3(C)Oc4c(O)ccc5c4[C@@]31CCN(C)[C@@H]2C5. The van der Waals surface area contributed by atoms with E-state index in [2.05, 4.69) is 25.8 Å². The number of phenols is 1. The lowest BCUT2D eigenvalue weighted by atomic mass is 9.45. The number of phenolic OH excluding ortho intramolecular Hbond substituents is 1. The maximum Gasteiger partial charge on any atom is 0.177 e. The predicted octanol–water partition coefficient (Wildman–Crippen LogP) is 3.21. The normalized spacial score (nSPS) is 38.5. The summed E-state index contributed by atoms with van der Waals surface area (Å²) in [5.41, 5.74) is 0.302. The second-order valence-electron chi connectivity index (χ2n) is 9.78. The van der Waals surface area contributed by atoms with Crippen LogP contribution in [0.15, 0.2) is 12.1 Å². The molecule has 1 saturated carbocycles. The van der Waals surface area contributed by atoms with Crippen LogP contribution in [0, 0.1) is 5.92 Å². The molecule has 5 heteroatoms. The Morgan fingerprint density at radius 1 is 1.36 bits per heavy atom. The molecule has 5 nitrogen and oxygen atoms in total. The number of ether oxygens (including phenoxy) is 2. The van der Waals surface area contributed by atoms with E-state index in [1.807, 2.05) is 13.0 Å². The molecule has 2 bridgehead atoms. The van der Waals surface area contributed by atoms with Crippen molar-refractivity contribution in [1.29, 1.82) is 0 Å². The fraction of sp³-hybridized carbons (Fsp3) is 0.696. The molecule has 1 spiro atoms. The van der Waals surface area contributed by atoms with Crippen LogP contribution in [0.2, 0.25) is 0 Å². The monoisotopic (exact) mass is 385 g/mol. The summed E-state index contributed by atoms with van der Waals surface area (Å²) in [6, 6.07) is 3.96. The van der Waals surface area contributed by atoms with Crippen LogP contribution in [-0.2, 0) is 21.4 Å². The molecule has 1 N–H and O–H groups in total. The van der Waals surface area contributed by atoms with E-state index in [1.54, 1.807) is 6.07 Å². The molecule has 0 amide bonds. The molecule has 4 atom stereocenters. The first-order valence-corrected chi connectivity index (χ1v) is 10.7. The fourth-order valence-electron chi connectivity index (χ4n) is 6.72. The van der Waals surface area contributed by atoms with E-state index < -0.39 is 16.6 Å². The topological polar surface area (TPSA) is 59.0 Å². The molecule has 1 aromatic carbocycles. The molecule has 1 saturated heterocycles. The summed E-state index contributed by atoms with van der Waals surface area (Å²) < 4.78 is 13.3. The Morgan fingerprint density at radius 3 is 2.89 bits per heavy atom. The van der Waals surface area contributed by atoms with Crippen molar-refractivity contribution in [3.05, 3.63) is 23.3 Å². The minimum absolute atomic E-state index is 0.141. The van der Waals surface area contributed by atoms with Gasteiger partial charge in [-0.2, -0.15) is 0 Å². The molecule has 28 heavy (non-hydrogen) atoms. The van der Waals surface area contributed by atoms with Gasteiger partial charge in [0.25, 0.3) is 0 Å². The molecule has 2 fully saturated rings. The van der Waals surface area contributed by atoms with Crippen molar-refractivity contribution in [1.82, 2.24) is 4.90 Å². The Balaban J connectivity index is 1.76. The van der Waals surface area contributed by atoms with Crippen LogP contribution >= 0.6 is 0 Å². The van der Waals surface area contributed by atoms with Crippen molar-refractivity contribution in [2.75, 3.05) is 20.2 Å². The van der Waals surface area contributed by atoms with Gasteiger partial charge >= 0.3 is 0 Å². The van der Waals surface area contributed by atoms with E-state index >= 15 is 0 Å². The van der Waals surface area contributed by atoms with E-state index in [4.69, 9.17) is 9.47 Å². The van der Waals surface area contributed by atoms with Crippen LogP contribution in [0.25, 0.3) is 0 Å². The van der Waals surface area contributed by atoms with Gasteiger partial charge in [-0.25, -0.2) is 0 Å². The molecule has 0 radical (unpaired) electrons. The number of benzene rings is 1. The summed E-state index contributed by atoms with van der Waals surface area (Å²) in [6.45, 7) is 7.97. The predicted molar refractivity (Wildman–Crippen MR) is 106 cm³/mol. The molecule has 4 aliphatic rings. The van der Waals surface area contributed by atoms with Crippen molar-refractivity contribution < 1.29 is 19.4 Å². The Hall–Kier alpha value is -1.59. The molecular weight excluding hydrogens is 354 g/mol. The smallest absolute Gasteiger partial charge is 0.177 e. The first-order valence-electron chi connectivity index (χ1n) is 10.7. The number of Topliss-reactive ketones (excluding diaryl/α,β-unsaturated/α-hetero) is 1. The largest absolute Gasteiger partial charge is 0.504 e. The van der Waals surface area contributed by atoms with Gasteiger partial charge in [0.05, 0.1) is 11.0 Å². The number of likely N-dealkylation sites (tertiary alicyclic amines) is 1. The van der Waals surface area contributed by atoms with Crippen LogP contribution in [0.5, 0.6) is 11.5 Å². The van der Waals surface area contributed by atoms with E-state index in [9.17, 15) is 9.90 Å². The number of carbonyl (C=O) groups excluding carboxylic acids is 1. The van der Waals surface area contributed by atoms with Crippen molar-refractivity contribution in [3.63, 3.8) is 0 Å². The summed E-state index contributed by atoms with van der Waals surface area (Å²) in [7, 11) is 2.18. The summed E-state index contributed by atoms with van der Waals surface area (Å²) in [4.78, 5) is 15.7. The minimum Gasteiger partial charge on any atom is -0.504 e. The second kappa shape index (κ2) is 5.73. The Bertz CT molecular complexity index is 851. The lowest BCUT2D eigenvalue weighted by molar-refractivity contribution is -0.228. The number of hydrogen-bond acceptors (Lipinski definition) is 5. The third-order valence-corrected chi connectivity index (χ3v) is 8.13. The zero-order valence-electron chi connectivity index (χ0n) is 17.4. The quantitative estimate of drug-likeness (QED) is 0.862. The highest BCUT2D eigenvalue weighted by Gasteiger charge is 2.78. The van der Waals surface area contributed by atoms with Gasteiger partial charge in [0.1, 0.15) is 0 Å². The van der Waals surface area contributed by atoms with Gasteiger partial charge in [-0.05, 0) is 63.7 Å². The van der Waals surface area contributed by atoms with Gasteiger partial charge in [0.15, 0.2) is 22.9 Å². The molecule has 0 unspecified atom stereocenters. The van der Waals surface area contributed by atoms with Gasteiger partial charge in [-0.3, -0.25) is 4.79 Å². The molecule has 2 aliphatic carbocycles. The Kier molecular flexibility index (Phi) is 3.77. The van der Waals surface area contributed by atoms with E-state index in [0.29, 0.717) is 24.7 Å². The van der Waals surface area contributed by atoms with Gasteiger partial charge in [-0.1, -0.05) is 19.9 Å². The van der Waals surface area contributed by atoms with Crippen LogP contribution < -0.4 is 4.74 Å². The molecule has 5 rings (SSSR count). The maximum atomic E-state index is 13.3. The van der Waals surface area contributed by atoms with Crippen LogP contribution in [-0.4, -0.2) is 53.2 Å². The zero-order valence-corrected chi connectivity index (χ0v) is 17.4. The number of aromatic hydroxyl groups is 1. The minimum atomic E-state index is -0.973. The van der Waals surface area contributed by atoms with Crippen LogP contribution in [0.3, 0.4) is 0 Å². The number of piperidine rings is 1. The number of carbonyl (C=O) groups is 1. The Labute approximate surface area is 167 Å². The number of rotatable bonds is 4. The summed E-state index contributed by atoms with van der Waals surface area (Å²) in [5, 5.41) is 10.6. The third-order valence-electron chi connectivity index (χ3n) is 8.13. The van der Waals surface area contributed by atoms with Gasteiger partial charge in [-0.15, -0.1) is 0 Å². The Morgan fingerprint density at radius 2 is 2.14 bits per heavy atom. The van der Waals surface area contributed by atoms with Crippen LogP contribution in [0.1, 0.15) is 57.6 Å². The number of nitrogens with zero attached hydrogens (tertiary/aromatic N) is 1. The first-order chi connectivity index (χ1) is 13.3. The van der Waals surface area contributed by atoms with E-state index in [0.717, 1.165) is 37.8 Å². The number of likely N-dealkylation sites (N-methyl/N-ethyl adjacent to an activating group) is 1. The van der Waals surface area contributed by atoms with Crippen molar-refractivity contribution >= 4 is 5.78 Å². The number of hydrogen-bond donors (Lipinski definition) is 1. The standard InChI is InChI=1S/C23H31NO4/c1-14(2)8-12-27-23-9-7-18(26)21(3)22(23)10-11-24(4)17(23)13-15-5-6-16(25)20(28-21)19(15)22/h5-6,14,17,25H,7-13H2,1-4H3/t17-,21+,22+,23-/m1/s1. The highest BCUT2D eigenvalue weighted by atomic mass is 16.5. The van der Waals surface area contributed by atoms with Crippen molar-refractivity contribution in [3.8, 4) is 11.5 Å². The summed E-state index contributed by atoms with van der Waals surface area (Å²) >= 11 is 0. The van der Waals surface area contributed by atoms with Crippen LogP contribution in [0.4, 0.5) is 0 Å². The summed E-state index contributed by atoms with van der Waals surface area (Å²) in [6.07, 6.45) is 3.88. The lowest BCUT2D eigenvalue weighted by Gasteiger charge is -2.66. The fourth-order valence-corrected chi connectivity index (χ4v) is 6.72. The van der Waals surface area contributed by atoms with E-state index in [1.165, 1.54) is 5.56 Å². The zero-order chi connectivity index (χ0) is 19.9. The highest BCUT2D eigenvalue weighted by molar-refractivity contribution is 5.94. The average Bonchev–Trinajstić information content (AvgIpc) is 2.93. The molecule has 0 aromatic heterocycles. The van der Waals surface area contributed by atoms with Gasteiger partial charge in [0.2, 0.25) is 0 Å². The van der Waals surface area contributed by atoms with Crippen molar-refractivity contribution in [2.24, 2.45) is 5.92 Å². The van der Waals surface area contributed by atoms with Gasteiger partial charge < -0.3 is 19.5 Å². The average molecular weight is 386 g/mol. The van der Waals surface area contributed by atoms with Gasteiger partial charge in [0, 0.05) is 24.6 Å². The third kappa shape index (κ3) is 1.92.